The fraction of sp³-hybridized carbons (Fsp3) is 0.562. The Balaban J connectivity index is 1.87. The SMILES string of the molecule is CSc1ccccc1NC(=O)C[NH+]1CCCCCCC1. The van der Waals surface area contributed by atoms with Crippen molar-refractivity contribution in [1.29, 1.82) is 0 Å². The average molecular weight is 293 g/mol. The van der Waals surface area contributed by atoms with E-state index < -0.39 is 0 Å². The van der Waals surface area contributed by atoms with Crippen molar-refractivity contribution in [2.24, 2.45) is 0 Å². The molecule has 0 aromatic heterocycles. The molecule has 0 radical (unpaired) electrons. The summed E-state index contributed by atoms with van der Waals surface area (Å²) in [6.07, 6.45) is 8.55. The first kappa shape index (κ1) is 15.4. The van der Waals surface area contributed by atoms with Gasteiger partial charge in [0.25, 0.3) is 5.91 Å². The second-order valence-corrected chi connectivity index (χ2v) is 6.29. The van der Waals surface area contributed by atoms with Crippen molar-refractivity contribution >= 4 is 23.4 Å². The Labute approximate surface area is 126 Å². The van der Waals surface area contributed by atoms with Crippen molar-refractivity contribution in [2.75, 3.05) is 31.2 Å². The second kappa shape index (κ2) is 8.32. The Morgan fingerprint density at radius 1 is 1.15 bits per heavy atom. The number of benzene rings is 1. The number of nitrogens with one attached hydrogen (secondary N) is 2. The summed E-state index contributed by atoms with van der Waals surface area (Å²) in [5, 5.41) is 3.06. The van der Waals surface area contributed by atoms with Gasteiger partial charge in [0.2, 0.25) is 0 Å². The molecule has 0 spiro atoms. The summed E-state index contributed by atoms with van der Waals surface area (Å²) < 4.78 is 0. The summed E-state index contributed by atoms with van der Waals surface area (Å²) in [6, 6.07) is 8.00. The number of carbonyl (C=O) groups is 1. The van der Waals surface area contributed by atoms with Gasteiger partial charge in [-0.1, -0.05) is 18.6 Å². The lowest BCUT2D eigenvalue weighted by Crippen LogP contribution is -3.13. The molecule has 0 bridgehead atoms. The molecular formula is C16H25N2OS+. The van der Waals surface area contributed by atoms with Crippen LogP contribution in [0.3, 0.4) is 0 Å². The number of quaternary nitrogens is 1. The van der Waals surface area contributed by atoms with Gasteiger partial charge in [0.05, 0.1) is 18.8 Å². The quantitative estimate of drug-likeness (QED) is 0.835. The topological polar surface area (TPSA) is 33.5 Å². The maximum atomic E-state index is 12.2. The maximum absolute atomic E-state index is 12.2. The number of amides is 1. The van der Waals surface area contributed by atoms with Crippen molar-refractivity contribution in [1.82, 2.24) is 0 Å². The van der Waals surface area contributed by atoms with Gasteiger partial charge in [0, 0.05) is 4.90 Å². The molecule has 2 rings (SSSR count). The third kappa shape index (κ3) is 4.84. The van der Waals surface area contributed by atoms with Gasteiger partial charge < -0.3 is 10.2 Å². The molecule has 0 atom stereocenters. The van der Waals surface area contributed by atoms with Gasteiger partial charge in [-0.15, -0.1) is 11.8 Å². The molecule has 1 saturated heterocycles. The highest BCUT2D eigenvalue weighted by molar-refractivity contribution is 7.98. The predicted molar refractivity (Wildman–Crippen MR) is 85.5 cm³/mol. The minimum atomic E-state index is 0.141. The van der Waals surface area contributed by atoms with Crippen LogP contribution in [0.2, 0.25) is 0 Å². The van der Waals surface area contributed by atoms with Crippen LogP contribution in [0.5, 0.6) is 0 Å². The lowest BCUT2D eigenvalue weighted by molar-refractivity contribution is -0.892. The van der Waals surface area contributed by atoms with Gasteiger partial charge in [0.15, 0.2) is 6.54 Å². The van der Waals surface area contributed by atoms with E-state index in [0.717, 1.165) is 23.7 Å². The molecule has 1 heterocycles. The van der Waals surface area contributed by atoms with E-state index in [1.54, 1.807) is 11.8 Å². The summed E-state index contributed by atoms with van der Waals surface area (Å²) in [5.41, 5.74) is 0.941. The van der Waals surface area contributed by atoms with Gasteiger partial charge in [-0.3, -0.25) is 4.79 Å². The summed E-state index contributed by atoms with van der Waals surface area (Å²) in [6.45, 7) is 2.87. The summed E-state index contributed by atoms with van der Waals surface area (Å²) in [5.74, 6) is 0.141. The molecule has 4 heteroatoms. The van der Waals surface area contributed by atoms with Crippen molar-refractivity contribution < 1.29 is 9.69 Å². The molecule has 1 amide bonds. The number of likely N-dealkylation sites (tertiary alicyclic amines) is 1. The van der Waals surface area contributed by atoms with Crippen LogP contribution in [0.1, 0.15) is 32.1 Å². The zero-order chi connectivity index (χ0) is 14.2. The van der Waals surface area contributed by atoms with Crippen LogP contribution in [-0.2, 0) is 4.79 Å². The number of thioether (sulfide) groups is 1. The number of anilines is 1. The first-order valence-electron chi connectivity index (χ1n) is 7.56. The third-order valence-corrected chi connectivity index (χ3v) is 4.65. The molecule has 110 valence electrons. The minimum Gasteiger partial charge on any atom is -0.327 e. The monoisotopic (exact) mass is 293 g/mol. The van der Waals surface area contributed by atoms with Crippen LogP contribution in [0, 0.1) is 0 Å². The van der Waals surface area contributed by atoms with Crippen molar-refractivity contribution in [2.45, 2.75) is 37.0 Å². The summed E-state index contributed by atoms with van der Waals surface area (Å²) >= 11 is 1.67. The molecule has 1 aliphatic heterocycles. The zero-order valence-corrected chi connectivity index (χ0v) is 13.1. The van der Waals surface area contributed by atoms with Crippen LogP contribution in [0.15, 0.2) is 29.2 Å². The number of hydrogen-bond donors (Lipinski definition) is 2. The highest BCUT2D eigenvalue weighted by Gasteiger charge is 2.16. The third-order valence-electron chi connectivity index (χ3n) is 3.85. The van der Waals surface area contributed by atoms with Crippen LogP contribution in [0.4, 0.5) is 5.69 Å². The lowest BCUT2D eigenvalue weighted by atomic mass is 10.1. The normalized spacial score (nSPS) is 17.2. The van der Waals surface area contributed by atoms with E-state index >= 15 is 0 Å². The van der Waals surface area contributed by atoms with Crippen molar-refractivity contribution in [3.05, 3.63) is 24.3 Å². The van der Waals surface area contributed by atoms with Gasteiger partial charge in [0.1, 0.15) is 0 Å². The minimum absolute atomic E-state index is 0.141. The van der Waals surface area contributed by atoms with Crippen LogP contribution in [-0.4, -0.2) is 31.8 Å². The molecule has 0 aliphatic carbocycles. The summed E-state index contributed by atoms with van der Waals surface area (Å²) in [4.78, 5) is 14.8. The van der Waals surface area contributed by atoms with E-state index in [4.69, 9.17) is 0 Å². The summed E-state index contributed by atoms with van der Waals surface area (Å²) in [7, 11) is 0. The number of carbonyl (C=O) groups excluding carboxylic acids is 1. The standard InChI is InChI=1S/C16H24N2OS/c1-20-15-10-6-5-9-14(15)17-16(19)13-18-11-7-3-2-4-8-12-18/h5-6,9-10H,2-4,7-8,11-13H2,1H3,(H,17,19)/p+1. The van der Waals surface area contributed by atoms with E-state index in [1.165, 1.54) is 37.0 Å². The Bertz CT molecular complexity index is 428. The fourth-order valence-corrected chi connectivity index (χ4v) is 3.31. The highest BCUT2D eigenvalue weighted by atomic mass is 32.2. The van der Waals surface area contributed by atoms with Gasteiger partial charge in [-0.2, -0.15) is 0 Å². The van der Waals surface area contributed by atoms with Crippen molar-refractivity contribution in [3.8, 4) is 0 Å². The first-order chi connectivity index (χ1) is 9.79. The Hall–Kier alpha value is -1.00. The number of hydrogen-bond acceptors (Lipinski definition) is 2. The molecule has 2 N–H and O–H groups in total. The van der Waals surface area contributed by atoms with Gasteiger partial charge >= 0.3 is 0 Å². The van der Waals surface area contributed by atoms with E-state index in [2.05, 4.69) is 5.32 Å². The Kier molecular flexibility index (Phi) is 6.40. The number of para-hydroxylation sites is 1. The van der Waals surface area contributed by atoms with E-state index in [0.29, 0.717) is 6.54 Å². The fourth-order valence-electron chi connectivity index (χ4n) is 2.75. The van der Waals surface area contributed by atoms with Gasteiger partial charge in [-0.05, 0) is 44.1 Å². The molecule has 1 fully saturated rings. The maximum Gasteiger partial charge on any atom is 0.279 e. The van der Waals surface area contributed by atoms with Crippen molar-refractivity contribution in [3.63, 3.8) is 0 Å². The highest BCUT2D eigenvalue weighted by Crippen LogP contribution is 2.24. The molecule has 1 aromatic carbocycles. The molecule has 1 aromatic rings. The first-order valence-corrected chi connectivity index (χ1v) is 8.78. The largest absolute Gasteiger partial charge is 0.327 e. The number of rotatable bonds is 4. The molecular weight excluding hydrogens is 268 g/mol. The van der Waals surface area contributed by atoms with E-state index in [9.17, 15) is 4.79 Å². The molecule has 0 saturated carbocycles. The molecule has 1 aliphatic rings. The zero-order valence-electron chi connectivity index (χ0n) is 12.3. The molecule has 0 unspecified atom stereocenters. The Morgan fingerprint density at radius 3 is 2.50 bits per heavy atom. The van der Waals surface area contributed by atoms with Crippen LogP contribution in [0.25, 0.3) is 0 Å². The second-order valence-electron chi connectivity index (χ2n) is 5.44. The smallest absolute Gasteiger partial charge is 0.279 e. The van der Waals surface area contributed by atoms with E-state index in [1.807, 2.05) is 30.5 Å². The Morgan fingerprint density at radius 2 is 1.80 bits per heavy atom. The molecule has 3 nitrogen and oxygen atoms in total. The predicted octanol–water partition coefficient (Wildman–Crippen LogP) is 2.20. The van der Waals surface area contributed by atoms with E-state index in [-0.39, 0.29) is 5.91 Å². The van der Waals surface area contributed by atoms with Crippen LogP contribution >= 0.6 is 11.8 Å². The van der Waals surface area contributed by atoms with Crippen LogP contribution < -0.4 is 10.2 Å². The lowest BCUT2D eigenvalue weighted by Gasteiger charge is -2.21. The average Bonchev–Trinajstić information content (AvgIpc) is 2.42. The van der Waals surface area contributed by atoms with Gasteiger partial charge in [-0.25, -0.2) is 0 Å². The molecule has 20 heavy (non-hydrogen) atoms.